The second-order valence-electron chi connectivity index (χ2n) is 9.09. The summed E-state index contributed by atoms with van der Waals surface area (Å²) in [5.74, 6) is 0.270. The van der Waals surface area contributed by atoms with Crippen LogP contribution in [0.1, 0.15) is 62.0 Å². The van der Waals surface area contributed by atoms with Crippen LogP contribution in [0.15, 0.2) is 54.6 Å². The number of carbonyl (C=O) groups excluding carboxylic acids is 2. The molecule has 1 fully saturated rings. The minimum atomic E-state index is -0.489. The van der Waals surface area contributed by atoms with Crippen molar-refractivity contribution < 1.29 is 14.3 Å². The van der Waals surface area contributed by atoms with Crippen molar-refractivity contribution in [2.24, 2.45) is 5.92 Å². The van der Waals surface area contributed by atoms with Crippen molar-refractivity contribution in [2.45, 2.75) is 51.7 Å². The first-order chi connectivity index (χ1) is 14.7. The molecule has 2 aromatic rings. The van der Waals surface area contributed by atoms with Crippen molar-refractivity contribution in [1.29, 1.82) is 0 Å². The van der Waals surface area contributed by atoms with Crippen LogP contribution in [0.5, 0.6) is 0 Å². The third-order valence-corrected chi connectivity index (χ3v) is 5.66. The van der Waals surface area contributed by atoms with Gasteiger partial charge >= 0.3 is 6.09 Å². The van der Waals surface area contributed by atoms with Crippen LogP contribution in [-0.4, -0.2) is 35.6 Å². The van der Waals surface area contributed by atoms with Gasteiger partial charge in [0, 0.05) is 23.7 Å². The molecule has 31 heavy (non-hydrogen) atoms. The van der Waals surface area contributed by atoms with E-state index in [4.69, 9.17) is 16.3 Å². The van der Waals surface area contributed by atoms with Gasteiger partial charge in [-0.3, -0.25) is 4.79 Å². The minimum absolute atomic E-state index is 0.106. The smallest absolute Gasteiger partial charge is 0.410 e. The number of halogens is 1. The monoisotopic (exact) mass is 442 g/mol. The Hall–Kier alpha value is -2.53. The van der Waals surface area contributed by atoms with Crippen molar-refractivity contribution in [3.05, 3.63) is 70.7 Å². The molecule has 0 aliphatic carbocycles. The first-order valence-electron chi connectivity index (χ1n) is 10.8. The Morgan fingerprint density at radius 2 is 1.77 bits per heavy atom. The van der Waals surface area contributed by atoms with Gasteiger partial charge in [0.1, 0.15) is 5.60 Å². The maximum absolute atomic E-state index is 12.9. The number of benzene rings is 2. The first-order valence-corrected chi connectivity index (χ1v) is 11.2. The van der Waals surface area contributed by atoms with E-state index >= 15 is 0 Å². The number of nitrogens with one attached hydrogen (secondary N) is 1. The van der Waals surface area contributed by atoms with Crippen LogP contribution in [0.2, 0.25) is 5.02 Å². The predicted molar refractivity (Wildman–Crippen MR) is 123 cm³/mol. The Morgan fingerprint density at radius 3 is 2.39 bits per heavy atom. The molecule has 0 bridgehead atoms. The average Bonchev–Trinajstić information content (AvgIpc) is 2.73. The molecule has 1 aliphatic heterocycles. The number of hydrogen-bond donors (Lipinski definition) is 1. The molecule has 5 nitrogen and oxygen atoms in total. The fraction of sp³-hybridized carbons (Fsp3) is 0.440. The summed E-state index contributed by atoms with van der Waals surface area (Å²) in [6, 6.07) is 16.9. The number of amides is 2. The normalized spacial score (nSPS) is 15.9. The number of hydrogen-bond acceptors (Lipinski definition) is 3. The number of nitrogens with zero attached hydrogens (tertiary/aromatic N) is 1. The van der Waals surface area contributed by atoms with E-state index in [2.05, 4.69) is 5.32 Å². The third kappa shape index (κ3) is 7.00. The lowest BCUT2D eigenvalue weighted by atomic mass is 9.87. The lowest BCUT2D eigenvalue weighted by Crippen LogP contribution is -2.42. The summed E-state index contributed by atoms with van der Waals surface area (Å²) in [5, 5.41) is 3.73. The molecular weight excluding hydrogens is 412 g/mol. The van der Waals surface area contributed by atoms with Crippen LogP contribution in [0.3, 0.4) is 0 Å². The number of likely N-dealkylation sites (tertiary alicyclic amines) is 1. The molecule has 1 N–H and O–H groups in total. The van der Waals surface area contributed by atoms with E-state index in [1.54, 1.807) is 29.2 Å². The van der Waals surface area contributed by atoms with Gasteiger partial charge in [0.2, 0.25) is 0 Å². The zero-order chi connectivity index (χ0) is 22.4. The number of piperidine rings is 1. The van der Waals surface area contributed by atoms with Crippen molar-refractivity contribution in [2.75, 3.05) is 13.1 Å². The van der Waals surface area contributed by atoms with E-state index in [-0.39, 0.29) is 18.0 Å². The third-order valence-electron chi connectivity index (χ3n) is 5.43. The van der Waals surface area contributed by atoms with Gasteiger partial charge in [-0.2, -0.15) is 0 Å². The van der Waals surface area contributed by atoms with Crippen molar-refractivity contribution >= 4 is 23.6 Å². The summed E-state index contributed by atoms with van der Waals surface area (Å²) in [4.78, 5) is 27.0. The van der Waals surface area contributed by atoms with Gasteiger partial charge in [-0.05, 0) is 69.7 Å². The molecule has 0 radical (unpaired) electrons. The first kappa shape index (κ1) is 23.1. The maximum Gasteiger partial charge on any atom is 0.410 e. The highest BCUT2D eigenvalue weighted by atomic mass is 35.5. The Labute approximate surface area is 189 Å². The fourth-order valence-electron chi connectivity index (χ4n) is 3.85. The largest absolute Gasteiger partial charge is 0.444 e. The van der Waals surface area contributed by atoms with Crippen molar-refractivity contribution in [3.63, 3.8) is 0 Å². The highest BCUT2D eigenvalue weighted by Crippen LogP contribution is 2.29. The topological polar surface area (TPSA) is 58.6 Å². The van der Waals surface area contributed by atoms with Crippen LogP contribution < -0.4 is 5.32 Å². The van der Waals surface area contributed by atoms with E-state index < -0.39 is 5.60 Å². The predicted octanol–water partition coefficient (Wildman–Crippen LogP) is 5.85. The molecule has 166 valence electrons. The summed E-state index contributed by atoms with van der Waals surface area (Å²) in [7, 11) is 0. The zero-order valence-corrected chi connectivity index (χ0v) is 19.2. The van der Waals surface area contributed by atoms with Crippen LogP contribution in [-0.2, 0) is 4.74 Å². The summed E-state index contributed by atoms with van der Waals surface area (Å²) in [6.45, 7) is 6.98. The quantitative estimate of drug-likeness (QED) is 0.631. The molecule has 0 saturated carbocycles. The van der Waals surface area contributed by atoms with E-state index in [1.165, 1.54) is 0 Å². The Bertz CT molecular complexity index is 887. The standard InChI is InChI=1S/C25H31ClN2O3/c1-25(2,3)31-24(30)28-14-12-18(13-15-28)16-22(19-8-5-4-6-9-19)27-23(29)20-10-7-11-21(26)17-20/h4-11,17-18,22H,12-16H2,1-3H3,(H,27,29). The SMILES string of the molecule is CC(C)(C)OC(=O)N1CCC(CC(NC(=O)c2cccc(Cl)c2)c2ccccc2)CC1. The second kappa shape index (κ2) is 10.2. The van der Waals surface area contributed by atoms with E-state index in [0.29, 0.717) is 29.6 Å². The van der Waals surface area contributed by atoms with Crippen LogP contribution in [0, 0.1) is 5.92 Å². The number of rotatable bonds is 5. The fourth-order valence-corrected chi connectivity index (χ4v) is 4.04. The van der Waals surface area contributed by atoms with Gasteiger partial charge in [-0.25, -0.2) is 4.79 Å². The van der Waals surface area contributed by atoms with E-state index in [1.807, 2.05) is 51.1 Å². The molecule has 1 saturated heterocycles. The van der Waals surface area contributed by atoms with Gasteiger partial charge in [0.05, 0.1) is 6.04 Å². The molecule has 1 atom stereocenters. The minimum Gasteiger partial charge on any atom is -0.444 e. The zero-order valence-electron chi connectivity index (χ0n) is 18.4. The maximum atomic E-state index is 12.9. The van der Waals surface area contributed by atoms with Crippen LogP contribution in [0.4, 0.5) is 4.79 Å². The number of ether oxygens (including phenoxy) is 1. The Morgan fingerprint density at radius 1 is 1.10 bits per heavy atom. The van der Waals surface area contributed by atoms with Gasteiger partial charge in [0.15, 0.2) is 0 Å². The average molecular weight is 443 g/mol. The summed E-state index contributed by atoms with van der Waals surface area (Å²) >= 11 is 6.05. The van der Waals surface area contributed by atoms with Crippen molar-refractivity contribution in [1.82, 2.24) is 10.2 Å². The molecule has 0 aromatic heterocycles. The Balaban J connectivity index is 1.64. The summed E-state index contributed by atoms with van der Waals surface area (Å²) < 4.78 is 5.49. The highest BCUT2D eigenvalue weighted by molar-refractivity contribution is 6.30. The van der Waals surface area contributed by atoms with Gasteiger partial charge < -0.3 is 15.0 Å². The molecule has 1 heterocycles. The van der Waals surface area contributed by atoms with Gasteiger partial charge in [-0.1, -0.05) is 48.0 Å². The summed E-state index contributed by atoms with van der Waals surface area (Å²) in [6.07, 6.45) is 2.34. The lowest BCUT2D eigenvalue weighted by molar-refractivity contribution is 0.0178. The molecular formula is C25H31ClN2O3. The van der Waals surface area contributed by atoms with E-state index in [9.17, 15) is 9.59 Å². The molecule has 2 aromatic carbocycles. The van der Waals surface area contributed by atoms with Crippen LogP contribution in [0.25, 0.3) is 0 Å². The molecule has 0 spiro atoms. The van der Waals surface area contributed by atoms with Crippen LogP contribution >= 0.6 is 11.6 Å². The van der Waals surface area contributed by atoms with E-state index in [0.717, 1.165) is 24.8 Å². The molecule has 1 aliphatic rings. The van der Waals surface area contributed by atoms with Crippen molar-refractivity contribution in [3.8, 4) is 0 Å². The molecule has 6 heteroatoms. The van der Waals surface area contributed by atoms with Gasteiger partial charge in [-0.15, -0.1) is 0 Å². The molecule has 2 amide bonds. The highest BCUT2D eigenvalue weighted by Gasteiger charge is 2.29. The number of carbonyl (C=O) groups is 2. The molecule has 1 unspecified atom stereocenters. The van der Waals surface area contributed by atoms with Gasteiger partial charge in [0.25, 0.3) is 5.91 Å². The second-order valence-corrected chi connectivity index (χ2v) is 9.53. The Kier molecular flexibility index (Phi) is 7.60. The summed E-state index contributed by atoms with van der Waals surface area (Å²) in [5.41, 5.74) is 1.14. The molecule has 3 rings (SSSR count). The lowest BCUT2D eigenvalue weighted by Gasteiger charge is -2.35.